The van der Waals surface area contributed by atoms with Crippen molar-refractivity contribution in [3.05, 3.63) is 16.9 Å². The Morgan fingerprint density at radius 3 is 3.00 bits per heavy atom. The van der Waals surface area contributed by atoms with Gasteiger partial charge in [-0.2, -0.15) is 5.10 Å². The first-order chi connectivity index (χ1) is 5.77. The normalized spacial score (nSPS) is 23.4. The van der Waals surface area contributed by atoms with E-state index in [1.54, 1.807) is 10.9 Å². The van der Waals surface area contributed by atoms with Gasteiger partial charge in [0.15, 0.2) is 5.78 Å². The summed E-state index contributed by atoms with van der Waals surface area (Å²) in [4.78, 5) is 11.3. The molecular formula is C8H9BrN2O. The van der Waals surface area contributed by atoms with E-state index < -0.39 is 0 Å². The zero-order chi connectivity index (χ0) is 8.55. The van der Waals surface area contributed by atoms with Crippen LogP contribution in [0, 0.1) is 0 Å². The number of rotatable bonds is 1. The monoisotopic (exact) mass is 228 g/mol. The smallest absolute Gasteiger partial charge is 0.157 e. The molecule has 0 aromatic carbocycles. The molecule has 0 N–H and O–H groups in total. The molecule has 1 atom stereocenters. The third-order valence-corrected chi connectivity index (χ3v) is 2.57. The van der Waals surface area contributed by atoms with Gasteiger partial charge in [-0.3, -0.25) is 9.48 Å². The first-order valence-electron chi connectivity index (χ1n) is 4.00. The maximum Gasteiger partial charge on any atom is 0.157 e. The van der Waals surface area contributed by atoms with Crippen molar-refractivity contribution in [3.63, 3.8) is 0 Å². The van der Waals surface area contributed by atoms with Crippen LogP contribution in [0.1, 0.15) is 25.3 Å². The summed E-state index contributed by atoms with van der Waals surface area (Å²) >= 11 is 3.30. The van der Waals surface area contributed by atoms with Gasteiger partial charge in [-0.05, 0) is 28.8 Å². The predicted octanol–water partition coefficient (Wildman–Crippen LogP) is 1.94. The van der Waals surface area contributed by atoms with Crippen molar-refractivity contribution < 1.29 is 4.79 Å². The third-order valence-electron chi connectivity index (χ3n) is 2.16. The minimum atomic E-state index is -0.00343. The van der Waals surface area contributed by atoms with Gasteiger partial charge in [-0.15, -0.1) is 0 Å². The summed E-state index contributed by atoms with van der Waals surface area (Å²) in [7, 11) is 0. The van der Waals surface area contributed by atoms with E-state index in [9.17, 15) is 4.79 Å². The molecular weight excluding hydrogens is 220 g/mol. The van der Waals surface area contributed by atoms with Crippen LogP contribution in [0.4, 0.5) is 0 Å². The van der Waals surface area contributed by atoms with Crippen molar-refractivity contribution in [1.29, 1.82) is 0 Å². The maximum absolute atomic E-state index is 11.3. The number of carbonyl (C=O) groups excluding carboxylic acids is 1. The van der Waals surface area contributed by atoms with Crippen LogP contribution in [-0.4, -0.2) is 15.6 Å². The van der Waals surface area contributed by atoms with Crippen molar-refractivity contribution >= 4 is 21.7 Å². The second kappa shape index (κ2) is 3.01. The summed E-state index contributed by atoms with van der Waals surface area (Å²) in [5, 5.41) is 4.10. The number of Topliss-reactive ketones (excluding diaryl/α,β-unsaturated/α-hetero) is 1. The maximum atomic E-state index is 11.3. The Morgan fingerprint density at radius 1 is 1.67 bits per heavy atom. The predicted molar refractivity (Wildman–Crippen MR) is 47.8 cm³/mol. The summed E-state index contributed by atoms with van der Waals surface area (Å²) in [6.45, 7) is 0. The quantitative estimate of drug-likeness (QED) is 0.737. The van der Waals surface area contributed by atoms with Gasteiger partial charge in [0.05, 0.1) is 10.7 Å². The Hall–Kier alpha value is -0.640. The highest BCUT2D eigenvalue weighted by molar-refractivity contribution is 9.10. The molecule has 1 aliphatic rings. The molecule has 3 nitrogen and oxygen atoms in total. The van der Waals surface area contributed by atoms with Crippen molar-refractivity contribution in [2.45, 2.75) is 25.3 Å². The van der Waals surface area contributed by atoms with Gasteiger partial charge < -0.3 is 0 Å². The average Bonchev–Trinajstić information content (AvgIpc) is 2.58. The average molecular weight is 229 g/mol. The summed E-state index contributed by atoms with van der Waals surface area (Å²) in [5.74, 6) is 0.311. The highest BCUT2D eigenvalue weighted by atomic mass is 79.9. The lowest BCUT2D eigenvalue weighted by Gasteiger charge is -2.06. The molecule has 2 rings (SSSR count). The molecule has 1 fully saturated rings. The Bertz CT molecular complexity index is 308. The molecule has 1 aromatic heterocycles. The second-order valence-electron chi connectivity index (χ2n) is 3.01. The number of hydrogen-bond donors (Lipinski definition) is 0. The van der Waals surface area contributed by atoms with Crippen LogP contribution < -0.4 is 0 Å². The van der Waals surface area contributed by atoms with E-state index in [1.165, 1.54) is 0 Å². The topological polar surface area (TPSA) is 34.9 Å². The summed E-state index contributed by atoms with van der Waals surface area (Å²) in [5.41, 5.74) is 0. The molecule has 0 radical (unpaired) electrons. The fourth-order valence-corrected chi connectivity index (χ4v) is 1.86. The van der Waals surface area contributed by atoms with E-state index >= 15 is 0 Å². The van der Waals surface area contributed by atoms with E-state index in [0.717, 1.165) is 17.3 Å². The Labute approximate surface area is 78.9 Å². The van der Waals surface area contributed by atoms with E-state index in [0.29, 0.717) is 12.2 Å². The molecule has 1 aliphatic carbocycles. The number of carbonyl (C=O) groups is 1. The van der Waals surface area contributed by atoms with Crippen molar-refractivity contribution in [2.75, 3.05) is 0 Å². The highest BCUT2D eigenvalue weighted by Gasteiger charge is 2.26. The van der Waals surface area contributed by atoms with Crippen molar-refractivity contribution in [3.8, 4) is 0 Å². The number of ketones is 1. The second-order valence-corrected chi connectivity index (χ2v) is 3.93. The SMILES string of the molecule is O=C1CCCC1n1cc(Br)cn1. The molecule has 1 aromatic rings. The Kier molecular flexibility index (Phi) is 2.00. The summed E-state index contributed by atoms with van der Waals surface area (Å²) in [6, 6.07) is -0.00343. The molecule has 0 amide bonds. The van der Waals surface area contributed by atoms with Crippen LogP contribution in [0.25, 0.3) is 0 Å². The number of halogens is 1. The van der Waals surface area contributed by atoms with Crippen LogP contribution in [0.5, 0.6) is 0 Å². The Balaban J connectivity index is 2.24. The largest absolute Gasteiger partial charge is 0.297 e. The first-order valence-corrected chi connectivity index (χ1v) is 4.79. The molecule has 1 saturated carbocycles. The van der Waals surface area contributed by atoms with Gasteiger partial charge >= 0.3 is 0 Å². The number of hydrogen-bond acceptors (Lipinski definition) is 2. The number of aromatic nitrogens is 2. The molecule has 64 valence electrons. The fourth-order valence-electron chi connectivity index (χ4n) is 1.56. The molecule has 0 spiro atoms. The Morgan fingerprint density at radius 2 is 2.50 bits per heavy atom. The van der Waals surface area contributed by atoms with Crippen LogP contribution in [0.2, 0.25) is 0 Å². The minimum absolute atomic E-state index is 0.00343. The molecule has 4 heteroatoms. The highest BCUT2D eigenvalue weighted by Crippen LogP contribution is 2.26. The van der Waals surface area contributed by atoms with Crippen molar-refractivity contribution in [2.24, 2.45) is 0 Å². The first kappa shape index (κ1) is 7.98. The minimum Gasteiger partial charge on any atom is -0.297 e. The lowest BCUT2D eigenvalue weighted by Crippen LogP contribution is -2.13. The molecule has 1 heterocycles. The zero-order valence-electron chi connectivity index (χ0n) is 6.53. The van der Waals surface area contributed by atoms with E-state index in [-0.39, 0.29) is 6.04 Å². The molecule has 0 aliphatic heterocycles. The van der Waals surface area contributed by atoms with Gasteiger partial charge in [-0.25, -0.2) is 0 Å². The zero-order valence-corrected chi connectivity index (χ0v) is 8.12. The van der Waals surface area contributed by atoms with E-state index in [2.05, 4.69) is 21.0 Å². The van der Waals surface area contributed by atoms with Crippen LogP contribution in [0.15, 0.2) is 16.9 Å². The van der Waals surface area contributed by atoms with Crippen LogP contribution in [0.3, 0.4) is 0 Å². The van der Waals surface area contributed by atoms with Gasteiger partial charge in [0.2, 0.25) is 0 Å². The lowest BCUT2D eigenvalue weighted by atomic mass is 10.2. The molecule has 12 heavy (non-hydrogen) atoms. The number of nitrogens with zero attached hydrogens (tertiary/aromatic N) is 2. The fraction of sp³-hybridized carbons (Fsp3) is 0.500. The van der Waals surface area contributed by atoms with E-state index in [4.69, 9.17) is 0 Å². The van der Waals surface area contributed by atoms with Gasteiger partial charge in [-0.1, -0.05) is 0 Å². The summed E-state index contributed by atoms with van der Waals surface area (Å²) < 4.78 is 2.68. The van der Waals surface area contributed by atoms with Crippen LogP contribution in [-0.2, 0) is 4.79 Å². The third kappa shape index (κ3) is 1.31. The lowest BCUT2D eigenvalue weighted by molar-refractivity contribution is -0.120. The van der Waals surface area contributed by atoms with Crippen LogP contribution >= 0.6 is 15.9 Å². The molecule has 0 saturated heterocycles. The van der Waals surface area contributed by atoms with Crippen molar-refractivity contribution in [1.82, 2.24) is 9.78 Å². The molecule has 0 bridgehead atoms. The van der Waals surface area contributed by atoms with Gasteiger partial charge in [0.25, 0.3) is 0 Å². The van der Waals surface area contributed by atoms with Gasteiger partial charge in [0.1, 0.15) is 6.04 Å². The van der Waals surface area contributed by atoms with E-state index in [1.807, 2.05) is 6.20 Å². The van der Waals surface area contributed by atoms with Gasteiger partial charge in [0, 0.05) is 12.6 Å². The summed E-state index contributed by atoms with van der Waals surface area (Å²) in [6.07, 6.45) is 6.22. The standard InChI is InChI=1S/C8H9BrN2O/c9-6-4-10-11(5-6)7-2-1-3-8(7)12/h4-5,7H,1-3H2. The molecule has 1 unspecified atom stereocenters.